The Morgan fingerprint density at radius 3 is 2.23 bits per heavy atom. The molecule has 9 heteroatoms. The molecule has 0 fully saturated rings. The summed E-state index contributed by atoms with van der Waals surface area (Å²) in [5.41, 5.74) is 3.43. The molecule has 0 saturated heterocycles. The Kier molecular flexibility index (Phi) is 7.08. The van der Waals surface area contributed by atoms with E-state index in [4.69, 9.17) is 11.6 Å². The molecule has 7 nitrogen and oxygen atoms in total. The van der Waals surface area contributed by atoms with E-state index >= 15 is 0 Å². The molecule has 0 aliphatic rings. The van der Waals surface area contributed by atoms with Crippen LogP contribution in [0, 0.1) is 5.82 Å². The number of carbonyl (C=O) groups is 3. The molecule has 3 aromatic rings. The summed E-state index contributed by atoms with van der Waals surface area (Å²) in [6.45, 7) is 0. The van der Waals surface area contributed by atoms with Gasteiger partial charge in [-0.1, -0.05) is 35.9 Å². The van der Waals surface area contributed by atoms with Gasteiger partial charge in [-0.3, -0.25) is 14.4 Å². The molecule has 0 unspecified atom stereocenters. The molecule has 0 radical (unpaired) electrons. The van der Waals surface area contributed by atoms with Gasteiger partial charge in [0.15, 0.2) is 0 Å². The summed E-state index contributed by atoms with van der Waals surface area (Å²) in [6, 6.07) is 18.1. The molecule has 3 N–H and O–H groups in total. The third kappa shape index (κ3) is 6.22. The van der Waals surface area contributed by atoms with Crippen molar-refractivity contribution in [1.29, 1.82) is 0 Å². The average Bonchev–Trinajstić information content (AvgIpc) is 2.77. The molecule has 0 heterocycles. The Bertz CT molecular complexity index is 1130. The molecule has 31 heavy (non-hydrogen) atoms. The first kappa shape index (κ1) is 21.7. The fourth-order valence-corrected chi connectivity index (χ4v) is 2.59. The summed E-state index contributed by atoms with van der Waals surface area (Å²) in [5.74, 6) is -2.93. The van der Waals surface area contributed by atoms with Crippen LogP contribution in [0.4, 0.5) is 15.8 Å². The molecular formula is C22H16ClFN4O3. The summed E-state index contributed by atoms with van der Waals surface area (Å²) in [7, 11) is 0. The minimum absolute atomic E-state index is 0.150. The number of halogens is 2. The second-order valence-electron chi connectivity index (χ2n) is 6.21. The standard InChI is InChI=1S/C22H16ClFN4O3/c23-15-7-11-17(12-8-15)26-20(29)18-3-1-2-4-19(18)27-21(30)22(31)28-25-13-14-5-9-16(24)10-6-14/h1-13H,(H,26,29)(H,27,30)(H,28,31). The van der Waals surface area contributed by atoms with E-state index < -0.39 is 23.5 Å². The number of hydrogen-bond acceptors (Lipinski definition) is 4. The summed E-state index contributed by atoms with van der Waals surface area (Å²) >= 11 is 5.83. The maximum atomic E-state index is 12.9. The van der Waals surface area contributed by atoms with Gasteiger partial charge >= 0.3 is 11.8 Å². The molecule has 3 aromatic carbocycles. The number of rotatable bonds is 5. The van der Waals surface area contributed by atoms with Gasteiger partial charge in [0.2, 0.25) is 0 Å². The van der Waals surface area contributed by atoms with Crippen LogP contribution >= 0.6 is 11.6 Å². The van der Waals surface area contributed by atoms with Crippen molar-refractivity contribution >= 4 is 46.9 Å². The maximum Gasteiger partial charge on any atom is 0.329 e. The van der Waals surface area contributed by atoms with Crippen LogP contribution < -0.4 is 16.1 Å². The van der Waals surface area contributed by atoms with Gasteiger partial charge in [-0.25, -0.2) is 9.82 Å². The van der Waals surface area contributed by atoms with Crippen LogP contribution in [0.15, 0.2) is 77.9 Å². The highest BCUT2D eigenvalue weighted by molar-refractivity contribution is 6.40. The largest absolute Gasteiger partial charge is 0.329 e. The second kappa shape index (κ2) is 10.1. The summed E-state index contributed by atoms with van der Waals surface area (Å²) in [4.78, 5) is 36.7. The predicted molar refractivity (Wildman–Crippen MR) is 117 cm³/mol. The van der Waals surface area contributed by atoms with E-state index in [-0.39, 0.29) is 11.3 Å². The zero-order valence-corrected chi connectivity index (χ0v) is 16.7. The fraction of sp³-hybridized carbons (Fsp3) is 0. The highest BCUT2D eigenvalue weighted by Crippen LogP contribution is 2.19. The number of amides is 3. The molecule has 3 rings (SSSR count). The third-order valence-corrected chi connectivity index (χ3v) is 4.23. The van der Waals surface area contributed by atoms with Crippen molar-refractivity contribution in [3.8, 4) is 0 Å². The number of hydrazone groups is 1. The van der Waals surface area contributed by atoms with Crippen molar-refractivity contribution in [3.63, 3.8) is 0 Å². The lowest BCUT2D eigenvalue weighted by molar-refractivity contribution is -0.136. The van der Waals surface area contributed by atoms with Crippen molar-refractivity contribution in [3.05, 3.63) is 94.8 Å². The first-order valence-electron chi connectivity index (χ1n) is 8.98. The van der Waals surface area contributed by atoms with E-state index in [9.17, 15) is 18.8 Å². The van der Waals surface area contributed by atoms with Crippen LogP contribution in [0.25, 0.3) is 0 Å². The Labute approximate surface area is 181 Å². The second-order valence-corrected chi connectivity index (χ2v) is 6.65. The minimum atomic E-state index is -1.04. The summed E-state index contributed by atoms with van der Waals surface area (Å²) in [6.07, 6.45) is 1.26. The van der Waals surface area contributed by atoms with E-state index in [2.05, 4.69) is 21.2 Å². The molecule has 0 aliphatic heterocycles. The molecule has 0 atom stereocenters. The number of hydrogen-bond donors (Lipinski definition) is 3. The van der Waals surface area contributed by atoms with Crippen molar-refractivity contribution < 1.29 is 18.8 Å². The van der Waals surface area contributed by atoms with Crippen LogP contribution in [0.3, 0.4) is 0 Å². The number of carbonyl (C=O) groups excluding carboxylic acids is 3. The molecule has 156 valence electrons. The maximum absolute atomic E-state index is 12.9. The average molecular weight is 439 g/mol. The number of benzene rings is 3. The smallest absolute Gasteiger partial charge is 0.322 e. The Morgan fingerprint density at radius 2 is 1.52 bits per heavy atom. The zero-order valence-electron chi connectivity index (χ0n) is 15.9. The lowest BCUT2D eigenvalue weighted by Gasteiger charge is -2.11. The van der Waals surface area contributed by atoms with Crippen LogP contribution in [0.2, 0.25) is 5.02 Å². The van der Waals surface area contributed by atoms with Gasteiger partial charge in [-0.05, 0) is 54.1 Å². The highest BCUT2D eigenvalue weighted by atomic mass is 35.5. The van der Waals surface area contributed by atoms with E-state index in [1.54, 1.807) is 36.4 Å². The van der Waals surface area contributed by atoms with Crippen LogP contribution in [0.1, 0.15) is 15.9 Å². The van der Waals surface area contributed by atoms with Crippen molar-refractivity contribution in [2.45, 2.75) is 0 Å². The molecule has 0 aliphatic carbocycles. The molecule has 3 amide bonds. The van der Waals surface area contributed by atoms with Gasteiger partial charge < -0.3 is 10.6 Å². The zero-order chi connectivity index (χ0) is 22.2. The van der Waals surface area contributed by atoms with E-state index in [0.29, 0.717) is 16.3 Å². The van der Waals surface area contributed by atoms with Gasteiger partial charge in [0.25, 0.3) is 5.91 Å². The minimum Gasteiger partial charge on any atom is -0.322 e. The number of anilines is 2. The number of nitrogens with one attached hydrogen (secondary N) is 3. The highest BCUT2D eigenvalue weighted by Gasteiger charge is 2.17. The van der Waals surface area contributed by atoms with Crippen LogP contribution in [0.5, 0.6) is 0 Å². The fourth-order valence-electron chi connectivity index (χ4n) is 2.47. The molecule has 0 saturated carbocycles. The van der Waals surface area contributed by atoms with Crippen molar-refractivity contribution in [2.75, 3.05) is 10.6 Å². The molecule has 0 aromatic heterocycles. The molecule has 0 spiro atoms. The monoisotopic (exact) mass is 438 g/mol. The van der Waals surface area contributed by atoms with E-state index in [1.807, 2.05) is 0 Å². The van der Waals surface area contributed by atoms with Crippen LogP contribution in [-0.2, 0) is 9.59 Å². The molecule has 0 bridgehead atoms. The predicted octanol–water partition coefficient (Wildman–Crippen LogP) is 3.82. The van der Waals surface area contributed by atoms with E-state index in [1.165, 1.54) is 42.6 Å². The first-order valence-corrected chi connectivity index (χ1v) is 9.36. The van der Waals surface area contributed by atoms with Gasteiger partial charge in [0.1, 0.15) is 5.82 Å². The van der Waals surface area contributed by atoms with Gasteiger partial charge in [0.05, 0.1) is 17.5 Å². The van der Waals surface area contributed by atoms with E-state index in [0.717, 1.165) is 0 Å². The third-order valence-electron chi connectivity index (χ3n) is 3.98. The SMILES string of the molecule is O=C(NN=Cc1ccc(F)cc1)C(=O)Nc1ccccc1C(=O)Nc1ccc(Cl)cc1. The van der Waals surface area contributed by atoms with Gasteiger partial charge in [-0.2, -0.15) is 5.10 Å². The first-order chi connectivity index (χ1) is 14.9. The molecular weight excluding hydrogens is 423 g/mol. The summed E-state index contributed by atoms with van der Waals surface area (Å²) < 4.78 is 12.9. The van der Waals surface area contributed by atoms with Gasteiger partial charge in [-0.15, -0.1) is 0 Å². The Hall–Kier alpha value is -4.04. The lowest BCUT2D eigenvalue weighted by Crippen LogP contribution is -2.33. The van der Waals surface area contributed by atoms with Crippen molar-refractivity contribution in [1.82, 2.24) is 5.43 Å². The quantitative estimate of drug-likeness (QED) is 0.321. The number of nitrogens with zero attached hydrogens (tertiary/aromatic N) is 1. The topological polar surface area (TPSA) is 99.7 Å². The van der Waals surface area contributed by atoms with Crippen molar-refractivity contribution in [2.24, 2.45) is 5.10 Å². The summed E-state index contributed by atoms with van der Waals surface area (Å²) in [5, 5.41) is 9.25. The Morgan fingerprint density at radius 1 is 0.839 bits per heavy atom. The van der Waals surface area contributed by atoms with Gasteiger partial charge in [0, 0.05) is 10.7 Å². The van der Waals surface area contributed by atoms with Crippen LogP contribution in [-0.4, -0.2) is 23.9 Å². The number of para-hydroxylation sites is 1. The Balaban J connectivity index is 1.63. The lowest BCUT2D eigenvalue weighted by atomic mass is 10.1. The normalized spacial score (nSPS) is 10.5.